The molecule has 2 saturated heterocycles. The van der Waals surface area contributed by atoms with Crippen molar-refractivity contribution in [2.24, 2.45) is 0 Å². The first-order valence-electron chi connectivity index (χ1n) is 10.6. The maximum atomic E-state index is 14.0. The molecule has 1 N–H and O–H groups in total. The molecule has 0 saturated carbocycles. The van der Waals surface area contributed by atoms with E-state index in [0.29, 0.717) is 18.6 Å². The van der Waals surface area contributed by atoms with Crippen molar-refractivity contribution in [3.63, 3.8) is 0 Å². The summed E-state index contributed by atoms with van der Waals surface area (Å²) in [6, 6.07) is 19.3. The standard InChI is InChI=1S/C25H23NO4/c27-24(23-18-6-1-3-8-20(18)30-21-9-4-2-7-19(21)23)26-16-11-12-17(26)15-25(28,14-16)22-10-5-13-29-22/h1-10,13,16-17,23,28H,11-12,14-15H2/t16-,17-/m0/s1. The highest BCUT2D eigenvalue weighted by atomic mass is 16.5. The van der Waals surface area contributed by atoms with Gasteiger partial charge in [0.25, 0.3) is 0 Å². The molecule has 4 heterocycles. The number of hydrogen-bond acceptors (Lipinski definition) is 4. The van der Waals surface area contributed by atoms with E-state index in [2.05, 4.69) is 0 Å². The maximum Gasteiger partial charge on any atom is 0.235 e. The second-order valence-corrected chi connectivity index (χ2v) is 8.66. The monoisotopic (exact) mass is 401 g/mol. The Kier molecular flexibility index (Phi) is 3.84. The molecular formula is C25H23NO4. The highest BCUT2D eigenvalue weighted by Crippen LogP contribution is 2.50. The van der Waals surface area contributed by atoms with Gasteiger partial charge in [-0.3, -0.25) is 4.79 Å². The predicted molar refractivity (Wildman–Crippen MR) is 110 cm³/mol. The van der Waals surface area contributed by atoms with Gasteiger partial charge in [0, 0.05) is 36.1 Å². The molecule has 3 aliphatic heterocycles. The first kappa shape index (κ1) is 17.8. The lowest BCUT2D eigenvalue weighted by Gasteiger charge is -2.44. The third-order valence-electron chi connectivity index (χ3n) is 6.93. The summed E-state index contributed by atoms with van der Waals surface area (Å²) in [6.45, 7) is 0. The number of benzene rings is 2. The second kappa shape index (κ2) is 6.47. The van der Waals surface area contributed by atoms with E-state index in [4.69, 9.17) is 9.15 Å². The zero-order valence-electron chi connectivity index (χ0n) is 16.5. The Morgan fingerprint density at radius 3 is 2.07 bits per heavy atom. The smallest absolute Gasteiger partial charge is 0.235 e. The summed E-state index contributed by atoms with van der Waals surface area (Å²) in [5, 5.41) is 11.3. The van der Waals surface area contributed by atoms with Crippen LogP contribution in [-0.2, 0) is 10.4 Å². The van der Waals surface area contributed by atoms with Crippen molar-refractivity contribution in [1.29, 1.82) is 0 Å². The van der Waals surface area contributed by atoms with Crippen molar-refractivity contribution in [1.82, 2.24) is 4.90 Å². The van der Waals surface area contributed by atoms with Crippen LogP contribution < -0.4 is 4.74 Å². The van der Waals surface area contributed by atoms with Crippen LogP contribution in [0.25, 0.3) is 0 Å². The number of amides is 1. The molecule has 2 bridgehead atoms. The van der Waals surface area contributed by atoms with Crippen LogP contribution in [0.3, 0.4) is 0 Å². The van der Waals surface area contributed by atoms with E-state index in [1.165, 1.54) is 0 Å². The minimum absolute atomic E-state index is 0.00789. The summed E-state index contributed by atoms with van der Waals surface area (Å²) in [5.41, 5.74) is 0.817. The summed E-state index contributed by atoms with van der Waals surface area (Å²) in [4.78, 5) is 16.0. The van der Waals surface area contributed by atoms with Gasteiger partial charge in [0.1, 0.15) is 22.9 Å². The van der Waals surface area contributed by atoms with Gasteiger partial charge in [-0.05, 0) is 37.1 Å². The van der Waals surface area contributed by atoms with E-state index in [1.54, 1.807) is 6.26 Å². The van der Waals surface area contributed by atoms with Crippen molar-refractivity contribution >= 4 is 5.91 Å². The fourth-order valence-corrected chi connectivity index (χ4v) is 5.65. The minimum Gasteiger partial charge on any atom is -0.466 e. The van der Waals surface area contributed by atoms with Gasteiger partial charge in [-0.15, -0.1) is 0 Å². The molecule has 3 aliphatic rings. The summed E-state index contributed by atoms with van der Waals surface area (Å²) < 4.78 is 11.6. The van der Waals surface area contributed by atoms with Gasteiger partial charge in [-0.25, -0.2) is 0 Å². The largest absolute Gasteiger partial charge is 0.466 e. The SMILES string of the molecule is O=C(C1c2ccccc2Oc2ccccc21)N1[C@H]2CC[C@H]1CC(O)(c1ccco1)C2. The van der Waals surface area contributed by atoms with Crippen LogP contribution in [0.4, 0.5) is 0 Å². The van der Waals surface area contributed by atoms with Crippen LogP contribution in [0, 0.1) is 0 Å². The number of piperidine rings is 1. The molecule has 5 heteroatoms. The molecule has 0 spiro atoms. The van der Waals surface area contributed by atoms with Crippen molar-refractivity contribution in [2.45, 2.75) is 49.3 Å². The highest BCUT2D eigenvalue weighted by Gasteiger charge is 2.52. The molecule has 0 aliphatic carbocycles. The Morgan fingerprint density at radius 1 is 0.900 bits per heavy atom. The number of ether oxygens (including phenoxy) is 1. The normalized spacial score (nSPS) is 27.3. The lowest BCUT2D eigenvalue weighted by Crippen LogP contribution is -2.53. The lowest BCUT2D eigenvalue weighted by molar-refractivity contribution is -0.144. The van der Waals surface area contributed by atoms with Crippen LogP contribution in [0.15, 0.2) is 71.3 Å². The van der Waals surface area contributed by atoms with Crippen LogP contribution in [-0.4, -0.2) is 28.0 Å². The number of fused-ring (bicyclic) bond motifs is 4. The Balaban J connectivity index is 1.38. The zero-order chi connectivity index (χ0) is 20.3. The Hall–Kier alpha value is -3.05. The van der Waals surface area contributed by atoms with Gasteiger partial charge in [0.2, 0.25) is 5.91 Å². The Morgan fingerprint density at radius 2 is 1.50 bits per heavy atom. The third-order valence-corrected chi connectivity index (χ3v) is 6.93. The predicted octanol–water partition coefficient (Wildman–Crippen LogP) is 4.56. The average Bonchev–Trinajstić information content (AvgIpc) is 3.40. The lowest BCUT2D eigenvalue weighted by atomic mass is 9.81. The number of hydrogen-bond donors (Lipinski definition) is 1. The molecule has 2 fully saturated rings. The number of carbonyl (C=O) groups excluding carboxylic acids is 1. The fourth-order valence-electron chi connectivity index (χ4n) is 5.65. The van der Waals surface area contributed by atoms with Crippen LogP contribution >= 0.6 is 0 Å². The quantitative estimate of drug-likeness (QED) is 0.684. The molecule has 30 heavy (non-hydrogen) atoms. The van der Waals surface area contributed by atoms with E-state index in [9.17, 15) is 9.90 Å². The first-order valence-corrected chi connectivity index (χ1v) is 10.6. The molecular weight excluding hydrogens is 378 g/mol. The molecule has 3 aromatic rings. The van der Waals surface area contributed by atoms with E-state index >= 15 is 0 Å². The number of rotatable bonds is 2. The third kappa shape index (κ3) is 2.55. The Labute approximate surface area is 174 Å². The molecule has 0 radical (unpaired) electrons. The molecule has 1 amide bonds. The van der Waals surface area contributed by atoms with Crippen LogP contribution in [0.2, 0.25) is 0 Å². The number of carbonyl (C=O) groups is 1. The molecule has 6 rings (SSSR count). The number of nitrogens with zero attached hydrogens (tertiary/aromatic N) is 1. The van der Waals surface area contributed by atoms with Gasteiger partial charge in [0.05, 0.1) is 12.2 Å². The fraction of sp³-hybridized carbons (Fsp3) is 0.320. The molecule has 2 atom stereocenters. The van der Waals surface area contributed by atoms with Gasteiger partial charge in [-0.2, -0.15) is 0 Å². The van der Waals surface area contributed by atoms with Gasteiger partial charge < -0.3 is 19.2 Å². The van der Waals surface area contributed by atoms with Crippen LogP contribution in [0.5, 0.6) is 11.5 Å². The topological polar surface area (TPSA) is 62.9 Å². The molecule has 2 aromatic carbocycles. The number of furan rings is 1. The average molecular weight is 401 g/mol. The second-order valence-electron chi connectivity index (χ2n) is 8.66. The highest BCUT2D eigenvalue weighted by molar-refractivity contribution is 5.90. The maximum absolute atomic E-state index is 14.0. The van der Waals surface area contributed by atoms with Crippen LogP contribution in [0.1, 0.15) is 48.5 Å². The minimum atomic E-state index is -1.00. The molecule has 5 nitrogen and oxygen atoms in total. The summed E-state index contributed by atoms with van der Waals surface area (Å²) in [5.74, 6) is 1.81. The first-order chi connectivity index (χ1) is 14.6. The van der Waals surface area contributed by atoms with E-state index < -0.39 is 5.60 Å². The molecule has 152 valence electrons. The summed E-state index contributed by atoms with van der Waals surface area (Å²) in [7, 11) is 0. The summed E-state index contributed by atoms with van der Waals surface area (Å²) in [6.07, 6.45) is 4.44. The number of aliphatic hydroxyl groups is 1. The summed E-state index contributed by atoms with van der Waals surface area (Å²) >= 11 is 0. The molecule has 1 aromatic heterocycles. The van der Waals surface area contributed by atoms with Crippen molar-refractivity contribution in [3.8, 4) is 11.5 Å². The van der Waals surface area contributed by atoms with E-state index in [0.717, 1.165) is 35.5 Å². The Bertz CT molecular complexity index is 1050. The van der Waals surface area contributed by atoms with Crippen molar-refractivity contribution in [2.75, 3.05) is 0 Å². The number of para-hydroxylation sites is 2. The van der Waals surface area contributed by atoms with E-state index in [-0.39, 0.29) is 23.9 Å². The van der Waals surface area contributed by atoms with Crippen molar-refractivity contribution in [3.05, 3.63) is 83.8 Å². The zero-order valence-corrected chi connectivity index (χ0v) is 16.5. The van der Waals surface area contributed by atoms with Crippen molar-refractivity contribution < 1.29 is 19.1 Å². The van der Waals surface area contributed by atoms with E-state index in [1.807, 2.05) is 65.6 Å². The molecule has 0 unspecified atom stereocenters. The van der Waals surface area contributed by atoms with Gasteiger partial charge >= 0.3 is 0 Å². The van der Waals surface area contributed by atoms with Gasteiger partial charge in [0.15, 0.2) is 0 Å². The van der Waals surface area contributed by atoms with Gasteiger partial charge in [-0.1, -0.05) is 36.4 Å².